The summed E-state index contributed by atoms with van der Waals surface area (Å²) >= 11 is 6.86. The predicted molar refractivity (Wildman–Crippen MR) is 166 cm³/mol. The van der Waals surface area contributed by atoms with E-state index in [1.165, 1.54) is 43.9 Å². The lowest BCUT2D eigenvalue weighted by Gasteiger charge is -2.17. The van der Waals surface area contributed by atoms with Crippen molar-refractivity contribution < 1.29 is 24.2 Å². The highest BCUT2D eigenvalue weighted by molar-refractivity contribution is 8.26. The number of benzene rings is 1. The highest BCUT2D eigenvalue weighted by Crippen LogP contribution is 2.35. The first kappa shape index (κ1) is 33.1. The summed E-state index contributed by atoms with van der Waals surface area (Å²) in [5, 5.41) is 8.68. The van der Waals surface area contributed by atoms with Gasteiger partial charge in [0.05, 0.1) is 18.1 Å². The topological polar surface area (TPSA) is 76.1 Å². The Morgan fingerprint density at radius 2 is 1.64 bits per heavy atom. The molecule has 0 bridgehead atoms. The Hall–Kier alpha value is -2.06. The van der Waals surface area contributed by atoms with Crippen LogP contribution in [0.25, 0.3) is 6.08 Å². The predicted octanol–water partition coefficient (Wildman–Crippen LogP) is 8.62. The Morgan fingerprint density at radius 3 is 2.31 bits per heavy atom. The van der Waals surface area contributed by atoms with E-state index in [1.807, 2.05) is 24.3 Å². The van der Waals surface area contributed by atoms with Crippen LogP contribution in [0.15, 0.2) is 23.1 Å². The van der Waals surface area contributed by atoms with Gasteiger partial charge >= 0.3 is 5.97 Å². The molecular formula is C31H47NO5S2. The minimum absolute atomic E-state index is 0.0283. The van der Waals surface area contributed by atoms with Gasteiger partial charge in [0.1, 0.15) is 4.32 Å². The van der Waals surface area contributed by atoms with Crippen LogP contribution in [-0.2, 0) is 9.59 Å². The number of nitrogens with zero attached hydrogens (tertiary/aromatic N) is 1. The molecule has 1 saturated heterocycles. The first-order valence-electron chi connectivity index (χ1n) is 14.7. The molecule has 1 aromatic rings. The molecule has 0 radical (unpaired) electrons. The molecule has 218 valence electrons. The first-order chi connectivity index (χ1) is 18.8. The van der Waals surface area contributed by atoms with Crippen molar-refractivity contribution in [3.63, 3.8) is 0 Å². The van der Waals surface area contributed by atoms with Crippen molar-refractivity contribution in [1.82, 2.24) is 4.90 Å². The van der Waals surface area contributed by atoms with E-state index in [0.717, 1.165) is 69.1 Å². The van der Waals surface area contributed by atoms with Gasteiger partial charge in [-0.1, -0.05) is 101 Å². The van der Waals surface area contributed by atoms with Crippen LogP contribution in [-0.4, -0.2) is 46.0 Å². The number of hydrogen-bond donors (Lipinski definition) is 1. The largest absolute Gasteiger partial charge is 0.493 e. The van der Waals surface area contributed by atoms with E-state index in [-0.39, 0.29) is 18.4 Å². The Kier molecular flexibility index (Phi) is 16.2. The van der Waals surface area contributed by atoms with Gasteiger partial charge < -0.3 is 14.6 Å². The lowest BCUT2D eigenvalue weighted by atomic mass is 10.1. The molecule has 0 aliphatic carbocycles. The van der Waals surface area contributed by atoms with Gasteiger partial charge in [-0.05, 0) is 56.4 Å². The number of methoxy groups -OCH3 is 1. The quantitative estimate of drug-likeness (QED) is 0.0890. The Bertz CT molecular complexity index is 949. The summed E-state index contributed by atoms with van der Waals surface area (Å²) < 4.78 is 12.4. The second-order valence-corrected chi connectivity index (χ2v) is 12.0. The van der Waals surface area contributed by atoms with Crippen LogP contribution in [0.5, 0.6) is 11.5 Å². The number of thioether (sulfide) groups is 1. The van der Waals surface area contributed by atoms with E-state index in [9.17, 15) is 9.59 Å². The van der Waals surface area contributed by atoms with Crippen LogP contribution in [0.4, 0.5) is 0 Å². The van der Waals surface area contributed by atoms with Gasteiger partial charge in [-0.25, -0.2) is 0 Å². The minimum Gasteiger partial charge on any atom is -0.493 e. The van der Waals surface area contributed by atoms with E-state index in [1.54, 1.807) is 12.0 Å². The van der Waals surface area contributed by atoms with Crippen molar-refractivity contribution in [3.05, 3.63) is 28.7 Å². The fraction of sp³-hybridized carbons (Fsp3) is 0.645. The third-order valence-electron chi connectivity index (χ3n) is 6.92. The number of unbranched alkanes of at least 4 members (excludes halogenated alkanes) is 11. The lowest BCUT2D eigenvalue weighted by molar-refractivity contribution is -0.137. The van der Waals surface area contributed by atoms with E-state index < -0.39 is 5.97 Å². The van der Waals surface area contributed by atoms with E-state index >= 15 is 0 Å². The average Bonchev–Trinajstić information content (AvgIpc) is 3.17. The number of carbonyl (C=O) groups is 2. The number of carbonyl (C=O) groups excluding carboxylic acids is 1. The summed E-state index contributed by atoms with van der Waals surface area (Å²) in [6.45, 7) is 4.97. The fourth-order valence-electron chi connectivity index (χ4n) is 4.63. The molecule has 8 heteroatoms. The monoisotopic (exact) mass is 577 g/mol. The molecule has 2 rings (SSSR count). The molecule has 1 aliphatic heterocycles. The standard InChI is InChI=1S/C31H47NO5S2/c1-4-5-6-11-14-17-24(2)37-26-20-19-25(22-27(26)36-3)23-28-30(35)32(31(38)39-28)21-16-13-10-8-7-9-12-15-18-29(33)34/h19-20,22-24H,4-18,21H2,1-3H3,(H,33,34). The molecule has 1 aromatic carbocycles. The number of hydrogen-bond acceptors (Lipinski definition) is 6. The number of amides is 1. The highest BCUT2D eigenvalue weighted by Gasteiger charge is 2.31. The Morgan fingerprint density at radius 1 is 1.00 bits per heavy atom. The molecule has 1 atom stereocenters. The van der Waals surface area contributed by atoms with Gasteiger partial charge in [-0.2, -0.15) is 0 Å². The minimum atomic E-state index is -0.712. The van der Waals surface area contributed by atoms with Crippen LogP contribution in [0, 0.1) is 0 Å². The van der Waals surface area contributed by atoms with Gasteiger partial charge in [-0.3, -0.25) is 14.5 Å². The maximum Gasteiger partial charge on any atom is 0.303 e. The molecule has 0 aromatic heterocycles. The number of carboxylic acid groups (broad SMARTS) is 1. The van der Waals surface area contributed by atoms with Gasteiger partial charge in [0.2, 0.25) is 0 Å². The molecule has 1 amide bonds. The van der Waals surface area contributed by atoms with Crippen molar-refractivity contribution in [2.75, 3.05) is 13.7 Å². The molecular weight excluding hydrogens is 530 g/mol. The van der Waals surface area contributed by atoms with Crippen LogP contribution in [0.3, 0.4) is 0 Å². The van der Waals surface area contributed by atoms with Crippen LogP contribution in [0.2, 0.25) is 0 Å². The first-order valence-corrected chi connectivity index (χ1v) is 15.9. The maximum atomic E-state index is 13.0. The van der Waals surface area contributed by atoms with Gasteiger partial charge in [0.15, 0.2) is 11.5 Å². The molecule has 1 heterocycles. The summed E-state index contributed by atoms with van der Waals surface area (Å²) in [6.07, 6.45) is 17.7. The van der Waals surface area contributed by atoms with Crippen LogP contribution < -0.4 is 9.47 Å². The molecule has 1 unspecified atom stereocenters. The SMILES string of the molecule is CCCCCCCC(C)Oc1ccc(C=C2SC(=S)N(CCCCCCCCCCC(=O)O)C2=O)cc1OC. The highest BCUT2D eigenvalue weighted by atomic mass is 32.2. The number of thiocarbonyl (C=S) groups is 1. The number of rotatable bonds is 21. The van der Waals surface area contributed by atoms with Crippen molar-refractivity contribution in [2.45, 2.75) is 116 Å². The zero-order valence-corrected chi connectivity index (χ0v) is 25.7. The van der Waals surface area contributed by atoms with Crippen molar-refractivity contribution in [1.29, 1.82) is 0 Å². The summed E-state index contributed by atoms with van der Waals surface area (Å²) in [5.41, 5.74) is 0.885. The molecule has 1 N–H and O–H groups in total. The molecule has 6 nitrogen and oxygen atoms in total. The van der Waals surface area contributed by atoms with Gasteiger partial charge in [0, 0.05) is 13.0 Å². The Labute approximate surface area is 244 Å². The van der Waals surface area contributed by atoms with E-state index in [2.05, 4.69) is 13.8 Å². The number of aliphatic carboxylic acids is 1. The van der Waals surface area contributed by atoms with Crippen molar-refractivity contribution >= 4 is 46.3 Å². The molecule has 1 fully saturated rings. The van der Waals surface area contributed by atoms with Crippen LogP contribution in [0.1, 0.15) is 116 Å². The number of carboxylic acids is 1. The summed E-state index contributed by atoms with van der Waals surface area (Å²) in [7, 11) is 1.64. The smallest absolute Gasteiger partial charge is 0.303 e. The maximum absolute atomic E-state index is 13.0. The lowest BCUT2D eigenvalue weighted by Crippen LogP contribution is -2.29. The molecule has 39 heavy (non-hydrogen) atoms. The van der Waals surface area contributed by atoms with Crippen LogP contribution >= 0.6 is 24.0 Å². The molecule has 1 aliphatic rings. The molecule has 0 saturated carbocycles. The summed E-state index contributed by atoms with van der Waals surface area (Å²) in [6, 6.07) is 5.79. The van der Waals surface area contributed by atoms with Crippen molar-refractivity contribution in [3.8, 4) is 11.5 Å². The molecule has 0 spiro atoms. The number of ether oxygens (including phenoxy) is 2. The second-order valence-electron chi connectivity index (χ2n) is 10.3. The van der Waals surface area contributed by atoms with Gasteiger partial charge in [-0.15, -0.1) is 0 Å². The normalized spacial score (nSPS) is 15.3. The average molecular weight is 578 g/mol. The van der Waals surface area contributed by atoms with E-state index in [0.29, 0.717) is 21.5 Å². The second kappa shape index (κ2) is 19.1. The third kappa shape index (κ3) is 12.8. The summed E-state index contributed by atoms with van der Waals surface area (Å²) in [5.74, 6) is 0.651. The fourth-order valence-corrected chi connectivity index (χ4v) is 5.94. The summed E-state index contributed by atoms with van der Waals surface area (Å²) in [4.78, 5) is 25.9. The Balaban J connectivity index is 1.78. The van der Waals surface area contributed by atoms with Gasteiger partial charge in [0.25, 0.3) is 5.91 Å². The zero-order valence-electron chi connectivity index (χ0n) is 24.0. The van der Waals surface area contributed by atoms with E-state index in [4.69, 9.17) is 26.8 Å². The zero-order chi connectivity index (χ0) is 28.5. The van der Waals surface area contributed by atoms with Crippen molar-refractivity contribution in [2.24, 2.45) is 0 Å². The third-order valence-corrected chi connectivity index (χ3v) is 8.30.